The molecule has 2 heterocycles. The van der Waals surface area contributed by atoms with Crippen LogP contribution in [0, 0.1) is 0 Å². The number of aromatic carboxylic acids is 1. The Morgan fingerprint density at radius 1 is 1.31 bits per heavy atom. The molecule has 3 rings (SSSR count). The van der Waals surface area contributed by atoms with Crippen LogP contribution in [0.1, 0.15) is 39.8 Å². The summed E-state index contributed by atoms with van der Waals surface area (Å²) in [5.41, 5.74) is 6.51. The van der Waals surface area contributed by atoms with E-state index in [1.807, 2.05) is 0 Å². The maximum atomic E-state index is 12.6. The summed E-state index contributed by atoms with van der Waals surface area (Å²) in [6.07, 6.45) is 1.50. The minimum absolute atomic E-state index is 0. The van der Waals surface area contributed by atoms with Gasteiger partial charge >= 0.3 is 51.4 Å². The van der Waals surface area contributed by atoms with Gasteiger partial charge in [0, 0.05) is 42.3 Å². The van der Waals surface area contributed by atoms with E-state index in [-0.39, 0.29) is 91.9 Å². The van der Waals surface area contributed by atoms with Crippen molar-refractivity contribution in [3.8, 4) is 17.0 Å². The number of halogens is 1. The van der Waals surface area contributed by atoms with Gasteiger partial charge < -0.3 is 29.8 Å². The second-order valence-electron chi connectivity index (χ2n) is 6.11. The number of nitrogens with two attached hydrogens (primary N) is 1. The van der Waals surface area contributed by atoms with Crippen LogP contribution >= 0.6 is 11.6 Å². The summed E-state index contributed by atoms with van der Waals surface area (Å²) in [5, 5.41) is 24.9. The molecule has 29 heavy (non-hydrogen) atoms. The number of aromatic hydroxyl groups is 1. The molecule has 0 saturated carbocycles. The second-order valence-corrected chi connectivity index (χ2v) is 6.49. The number of benzene rings is 1. The van der Waals surface area contributed by atoms with Crippen LogP contribution in [0.2, 0.25) is 5.02 Å². The maximum absolute atomic E-state index is 12.6. The average molecular weight is 442 g/mol. The molecule has 0 amide bonds. The molecule has 146 valence electrons. The van der Waals surface area contributed by atoms with E-state index in [4.69, 9.17) is 21.9 Å². The molecule has 3 aromatic rings. The Bertz CT molecular complexity index is 1040. The van der Waals surface area contributed by atoms with Crippen molar-refractivity contribution in [1.82, 2.24) is 9.72 Å². The molecule has 0 spiro atoms. The van der Waals surface area contributed by atoms with E-state index < -0.39 is 11.8 Å². The molecule has 0 bridgehead atoms. The number of rotatable bonds is 7. The number of hydrogen-bond donors (Lipinski definition) is 2. The van der Waals surface area contributed by atoms with Crippen LogP contribution in [0.15, 0.2) is 35.0 Å². The van der Waals surface area contributed by atoms with Gasteiger partial charge in [-0.05, 0) is 31.2 Å². The Morgan fingerprint density at radius 3 is 2.55 bits per heavy atom. The van der Waals surface area contributed by atoms with Gasteiger partial charge in [0.15, 0.2) is 11.5 Å². The first-order valence-electron chi connectivity index (χ1n) is 8.50. The molecule has 2 aromatic heterocycles. The fourth-order valence-electron chi connectivity index (χ4n) is 2.89. The van der Waals surface area contributed by atoms with Crippen LogP contribution in [0.25, 0.3) is 11.3 Å². The summed E-state index contributed by atoms with van der Waals surface area (Å²) in [4.78, 5) is 23.9. The largest absolute Gasteiger partial charge is 1.00 e. The number of carbonyl (C=O) groups is 2. The number of Topliss-reactive ketones (excluding diaryl/α,β-unsaturated/α-hetero) is 1. The summed E-state index contributed by atoms with van der Waals surface area (Å²) in [5.74, 6) is -1.53. The van der Waals surface area contributed by atoms with Crippen molar-refractivity contribution in [2.75, 3.05) is 5.73 Å². The number of nitrogen functional groups attached to an aromatic ring is 1. The molecule has 0 aliphatic carbocycles. The molecular weight excluding hydrogens is 425 g/mol. The molecule has 0 unspecified atom stereocenters. The van der Waals surface area contributed by atoms with Gasteiger partial charge in [0.1, 0.15) is 22.3 Å². The Hall–Kier alpha value is -1.62. The van der Waals surface area contributed by atoms with Gasteiger partial charge in [-0.2, -0.15) is 0 Å². The van der Waals surface area contributed by atoms with Crippen molar-refractivity contribution in [2.24, 2.45) is 0 Å². The third-order valence-corrected chi connectivity index (χ3v) is 4.77. The van der Waals surface area contributed by atoms with Crippen LogP contribution in [0.3, 0.4) is 0 Å². The zero-order chi connectivity index (χ0) is 20.4. The molecule has 0 fully saturated rings. The summed E-state index contributed by atoms with van der Waals surface area (Å²) in [6.45, 7) is 2.20. The molecule has 8 nitrogen and oxygen atoms in total. The second kappa shape index (κ2) is 9.92. The monoisotopic (exact) mass is 441 g/mol. The van der Waals surface area contributed by atoms with Crippen molar-refractivity contribution in [2.45, 2.75) is 26.3 Å². The number of aryl methyl sites for hydroxylation is 2. The first-order chi connectivity index (χ1) is 13.3. The Balaban J connectivity index is 0.00000300. The predicted molar refractivity (Wildman–Crippen MR) is 100 cm³/mol. The van der Waals surface area contributed by atoms with Crippen LogP contribution in [-0.4, -0.2) is 26.6 Å². The van der Waals surface area contributed by atoms with E-state index >= 15 is 0 Å². The molecule has 1 aromatic carbocycles. The molecule has 0 radical (unpaired) electrons. The number of ketones is 1. The van der Waals surface area contributed by atoms with Crippen LogP contribution in [0.4, 0.5) is 5.82 Å². The van der Waals surface area contributed by atoms with Crippen molar-refractivity contribution < 1.29 is 75.7 Å². The molecular formula is C19H17ClKN3O5. The third kappa shape index (κ3) is 4.93. The number of anilines is 1. The smallest absolute Gasteiger partial charge is 0.545 e. The van der Waals surface area contributed by atoms with E-state index in [1.54, 1.807) is 19.1 Å². The maximum Gasteiger partial charge on any atom is 1.00 e. The summed E-state index contributed by atoms with van der Waals surface area (Å²) >= 11 is 6.30. The minimum atomic E-state index is -1.50. The number of nitrogens with zero attached hydrogens (tertiary/aromatic N) is 2. The molecule has 3 N–H and O–H groups in total. The Labute approximate surface area is 214 Å². The molecule has 10 heteroatoms. The van der Waals surface area contributed by atoms with Crippen molar-refractivity contribution in [1.29, 1.82) is 0 Å². The Kier molecular flexibility index (Phi) is 8.09. The van der Waals surface area contributed by atoms with E-state index in [9.17, 15) is 19.8 Å². The SMILES string of the molecule is CCn1cc(C(=O)CCc2onc(-c3ccc(O)cc3)c2Cl)c(C(=O)[O-])c1N.[K+]. The zero-order valence-corrected chi connectivity index (χ0v) is 19.8. The van der Waals surface area contributed by atoms with Gasteiger partial charge in [-0.3, -0.25) is 4.79 Å². The van der Waals surface area contributed by atoms with Crippen LogP contribution in [-0.2, 0) is 13.0 Å². The fraction of sp³-hybridized carbons (Fsp3) is 0.211. The summed E-state index contributed by atoms with van der Waals surface area (Å²) < 4.78 is 6.71. The number of carbonyl (C=O) groups excluding carboxylic acids is 2. The van der Waals surface area contributed by atoms with Gasteiger partial charge in [0.05, 0.1) is 5.97 Å². The number of hydrogen-bond acceptors (Lipinski definition) is 7. The number of carboxylic acid groups (broad SMARTS) is 1. The van der Waals surface area contributed by atoms with Crippen LogP contribution < -0.4 is 62.2 Å². The van der Waals surface area contributed by atoms with Crippen molar-refractivity contribution >= 4 is 29.2 Å². The minimum Gasteiger partial charge on any atom is -0.545 e. The number of aromatic nitrogens is 2. The third-order valence-electron chi connectivity index (χ3n) is 4.38. The molecule has 0 saturated heterocycles. The topological polar surface area (TPSA) is 134 Å². The summed E-state index contributed by atoms with van der Waals surface area (Å²) in [7, 11) is 0. The van der Waals surface area contributed by atoms with Gasteiger partial charge in [0.2, 0.25) is 0 Å². The van der Waals surface area contributed by atoms with Crippen LogP contribution in [0.5, 0.6) is 5.75 Å². The predicted octanol–water partition coefficient (Wildman–Crippen LogP) is -0.713. The van der Waals surface area contributed by atoms with Crippen molar-refractivity contribution in [3.05, 3.63) is 52.4 Å². The van der Waals surface area contributed by atoms with E-state index in [0.29, 0.717) is 23.6 Å². The number of phenolic OH excluding ortho intramolecular Hbond substituents is 1. The number of carboxylic acids is 1. The first-order valence-corrected chi connectivity index (χ1v) is 8.87. The van der Waals surface area contributed by atoms with Gasteiger partial charge in [-0.15, -0.1) is 0 Å². The standard InChI is InChI=1S/C19H18ClN3O5.K/c1-2-23-9-12(15(18(23)21)19(26)27)13(25)7-8-14-16(20)17(22-28-14)10-3-5-11(24)6-4-10;/h3-6,9,24H,2,7-8,21H2,1H3,(H,26,27);/q;+1/p-1. The number of phenols is 1. The van der Waals surface area contributed by atoms with Gasteiger partial charge in [-0.1, -0.05) is 16.8 Å². The summed E-state index contributed by atoms with van der Waals surface area (Å²) in [6, 6.07) is 6.26. The molecule has 0 atom stereocenters. The molecule has 0 aliphatic rings. The normalized spacial score (nSPS) is 10.6. The van der Waals surface area contributed by atoms with E-state index in [2.05, 4.69) is 5.16 Å². The van der Waals surface area contributed by atoms with E-state index in [0.717, 1.165) is 0 Å². The average Bonchev–Trinajstić information content (AvgIpc) is 3.20. The fourth-order valence-corrected chi connectivity index (χ4v) is 3.16. The van der Waals surface area contributed by atoms with Gasteiger partial charge in [0.25, 0.3) is 0 Å². The zero-order valence-electron chi connectivity index (χ0n) is 15.9. The quantitative estimate of drug-likeness (QED) is 0.365. The van der Waals surface area contributed by atoms with E-state index in [1.165, 1.54) is 22.9 Å². The Morgan fingerprint density at radius 2 is 1.97 bits per heavy atom. The molecule has 0 aliphatic heterocycles. The first kappa shape index (κ1) is 23.7. The van der Waals surface area contributed by atoms with Gasteiger partial charge in [-0.25, -0.2) is 0 Å². The van der Waals surface area contributed by atoms with Crippen molar-refractivity contribution in [3.63, 3.8) is 0 Å².